The summed E-state index contributed by atoms with van der Waals surface area (Å²) in [6.45, 7) is 5.59. The largest absolute Gasteiger partial charge is 0.348 e. The first kappa shape index (κ1) is 20.9. The Labute approximate surface area is 175 Å². The molecule has 1 aliphatic heterocycles. The third-order valence-electron chi connectivity index (χ3n) is 5.31. The topological polar surface area (TPSA) is 49.4 Å². The van der Waals surface area contributed by atoms with Gasteiger partial charge < -0.3 is 10.2 Å². The Morgan fingerprint density at radius 2 is 1.89 bits per heavy atom. The number of benzene rings is 1. The predicted molar refractivity (Wildman–Crippen MR) is 115 cm³/mol. The van der Waals surface area contributed by atoms with Crippen LogP contribution in [0.1, 0.15) is 54.4 Å². The lowest BCUT2D eigenvalue weighted by atomic mass is 9.92. The standard InChI is InChI=1S/C22H27ClN2O2S/c1-15(2)21(19-8-5-13-28-19)24-20(26)14-16-9-11-25(12-10-16)22(27)17-6-3-4-7-18(17)23/h3-8,13,15-16,21H,9-12,14H2,1-2H3,(H,24,26)/t21-/m1/s1. The molecule has 1 fully saturated rings. The number of piperidine rings is 1. The molecule has 28 heavy (non-hydrogen) atoms. The molecule has 1 aromatic heterocycles. The maximum atomic E-state index is 12.7. The van der Waals surface area contributed by atoms with Crippen LogP contribution in [0.3, 0.4) is 0 Å². The van der Waals surface area contributed by atoms with Crippen molar-refractivity contribution in [3.05, 3.63) is 57.2 Å². The number of nitrogens with zero attached hydrogens (tertiary/aromatic N) is 1. The van der Waals surface area contributed by atoms with E-state index in [2.05, 4.69) is 25.2 Å². The fraction of sp³-hybridized carbons (Fsp3) is 0.455. The lowest BCUT2D eigenvalue weighted by Crippen LogP contribution is -2.40. The molecule has 1 aromatic carbocycles. The van der Waals surface area contributed by atoms with E-state index in [1.54, 1.807) is 23.5 Å². The Balaban J connectivity index is 1.50. The third kappa shape index (κ3) is 5.15. The monoisotopic (exact) mass is 418 g/mol. The zero-order chi connectivity index (χ0) is 20.1. The van der Waals surface area contributed by atoms with Crippen molar-refractivity contribution in [1.29, 1.82) is 0 Å². The maximum Gasteiger partial charge on any atom is 0.255 e. The van der Waals surface area contributed by atoms with Crippen molar-refractivity contribution in [1.82, 2.24) is 10.2 Å². The highest BCUT2D eigenvalue weighted by atomic mass is 35.5. The van der Waals surface area contributed by atoms with Crippen molar-refractivity contribution in [3.63, 3.8) is 0 Å². The molecule has 0 aliphatic carbocycles. The second-order valence-electron chi connectivity index (χ2n) is 7.72. The minimum atomic E-state index is -0.0222. The first-order valence-corrected chi connectivity index (χ1v) is 11.1. The van der Waals surface area contributed by atoms with E-state index in [0.717, 1.165) is 12.8 Å². The molecule has 4 nitrogen and oxygen atoms in total. The van der Waals surface area contributed by atoms with Gasteiger partial charge in [0.2, 0.25) is 5.91 Å². The lowest BCUT2D eigenvalue weighted by molar-refractivity contribution is -0.123. The molecule has 6 heteroatoms. The average Bonchev–Trinajstić information content (AvgIpc) is 3.21. The van der Waals surface area contributed by atoms with E-state index in [1.807, 2.05) is 28.5 Å². The van der Waals surface area contributed by atoms with Gasteiger partial charge in [0.25, 0.3) is 5.91 Å². The SMILES string of the molecule is CC(C)[C@@H](NC(=O)CC1CCN(C(=O)c2ccccc2Cl)CC1)c1cccs1. The Kier molecular flexibility index (Phi) is 7.13. The number of rotatable bonds is 6. The summed E-state index contributed by atoms with van der Waals surface area (Å²) in [5.74, 6) is 0.734. The Hall–Kier alpha value is -1.85. The van der Waals surface area contributed by atoms with Crippen LogP contribution in [0.15, 0.2) is 41.8 Å². The summed E-state index contributed by atoms with van der Waals surface area (Å²) in [6.07, 6.45) is 2.20. The number of hydrogen-bond acceptors (Lipinski definition) is 3. The highest BCUT2D eigenvalue weighted by Crippen LogP contribution is 2.28. The molecule has 0 radical (unpaired) electrons. The molecule has 2 amide bonds. The molecule has 1 N–H and O–H groups in total. The van der Waals surface area contributed by atoms with E-state index in [1.165, 1.54) is 4.88 Å². The van der Waals surface area contributed by atoms with E-state index >= 15 is 0 Å². The first-order chi connectivity index (χ1) is 13.5. The second kappa shape index (κ2) is 9.57. The van der Waals surface area contributed by atoms with Gasteiger partial charge in [0.15, 0.2) is 0 Å². The van der Waals surface area contributed by atoms with Crippen LogP contribution in [-0.4, -0.2) is 29.8 Å². The number of likely N-dealkylation sites (tertiary alicyclic amines) is 1. The Morgan fingerprint density at radius 1 is 1.18 bits per heavy atom. The quantitative estimate of drug-likeness (QED) is 0.704. The van der Waals surface area contributed by atoms with Gasteiger partial charge in [0, 0.05) is 24.4 Å². The van der Waals surface area contributed by atoms with E-state index in [9.17, 15) is 9.59 Å². The summed E-state index contributed by atoms with van der Waals surface area (Å²) < 4.78 is 0. The smallest absolute Gasteiger partial charge is 0.255 e. The van der Waals surface area contributed by atoms with Crippen molar-refractivity contribution >= 4 is 34.8 Å². The first-order valence-electron chi connectivity index (χ1n) is 9.82. The van der Waals surface area contributed by atoms with Crippen LogP contribution in [0.5, 0.6) is 0 Å². The highest BCUT2D eigenvalue weighted by Gasteiger charge is 2.27. The van der Waals surface area contributed by atoms with Crippen molar-refractivity contribution in [2.75, 3.05) is 13.1 Å². The van der Waals surface area contributed by atoms with Crippen LogP contribution in [0.25, 0.3) is 0 Å². The molecule has 0 unspecified atom stereocenters. The van der Waals surface area contributed by atoms with Crippen LogP contribution >= 0.6 is 22.9 Å². The number of carbonyl (C=O) groups is 2. The van der Waals surface area contributed by atoms with Gasteiger partial charge in [-0.25, -0.2) is 0 Å². The van der Waals surface area contributed by atoms with Crippen molar-refractivity contribution in [2.45, 2.75) is 39.2 Å². The zero-order valence-electron chi connectivity index (χ0n) is 16.4. The summed E-state index contributed by atoms with van der Waals surface area (Å²) in [4.78, 5) is 28.3. The number of nitrogens with one attached hydrogen (secondary N) is 1. The third-order valence-corrected chi connectivity index (χ3v) is 6.60. The summed E-state index contributed by atoms with van der Waals surface area (Å²) in [5, 5.41) is 5.74. The Morgan fingerprint density at radius 3 is 2.50 bits per heavy atom. The van der Waals surface area contributed by atoms with Crippen LogP contribution in [0.4, 0.5) is 0 Å². The van der Waals surface area contributed by atoms with Crippen LogP contribution in [-0.2, 0) is 4.79 Å². The van der Waals surface area contributed by atoms with Gasteiger partial charge in [-0.05, 0) is 48.3 Å². The highest BCUT2D eigenvalue weighted by molar-refractivity contribution is 7.10. The van der Waals surface area contributed by atoms with E-state index in [4.69, 9.17) is 11.6 Å². The second-order valence-corrected chi connectivity index (χ2v) is 9.11. The fourth-order valence-electron chi connectivity index (χ4n) is 3.67. The fourth-order valence-corrected chi connectivity index (χ4v) is 4.84. The van der Waals surface area contributed by atoms with Crippen LogP contribution in [0, 0.1) is 11.8 Å². The van der Waals surface area contributed by atoms with Crippen molar-refractivity contribution < 1.29 is 9.59 Å². The normalized spacial score (nSPS) is 16.2. The summed E-state index contributed by atoms with van der Waals surface area (Å²) >= 11 is 7.83. The molecule has 1 saturated heterocycles. The minimum Gasteiger partial charge on any atom is -0.348 e. The molecular formula is C22H27ClN2O2S. The van der Waals surface area contributed by atoms with Gasteiger partial charge in [-0.1, -0.05) is 43.6 Å². The lowest BCUT2D eigenvalue weighted by Gasteiger charge is -2.32. The van der Waals surface area contributed by atoms with Gasteiger partial charge in [-0.15, -0.1) is 11.3 Å². The number of hydrogen-bond donors (Lipinski definition) is 1. The molecule has 2 aromatic rings. The number of amides is 2. The molecule has 1 atom stereocenters. The summed E-state index contributed by atoms with van der Waals surface area (Å²) in [6, 6.07) is 11.3. The summed E-state index contributed by atoms with van der Waals surface area (Å²) in [7, 11) is 0. The van der Waals surface area contributed by atoms with Crippen molar-refractivity contribution in [3.8, 4) is 0 Å². The van der Waals surface area contributed by atoms with Gasteiger partial charge in [0.1, 0.15) is 0 Å². The van der Waals surface area contributed by atoms with E-state index in [0.29, 0.717) is 41.9 Å². The van der Waals surface area contributed by atoms with Gasteiger partial charge in [-0.3, -0.25) is 9.59 Å². The molecule has 2 heterocycles. The molecular weight excluding hydrogens is 392 g/mol. The molecule has 3 rings (SSSR count). The number of carbonyl (C=O) groups excluding carboxylic acids is 2. The van der Waals surface area contributed by atoms with Crippen molar-refractivity contribution in [2.24, 2.45) is 11.8 Å². The summed E-state index contributed by atoms with van der Waals surface area (Å²) in [5.41, 5.74) is 0.552. The van der Waals surface area contributed by atoms with E-state index < -0.39 is 0 Å². The Bertz CT molecular complexity index is 799. The van der Waals surface area contributed by atoms with Gasteiger partial charge >= 0.3 is 0 Å². The van der Waals surface area contributed by atoms with Crippen LogP contribution in [0.2, 0.25) is 5.02 Å². The van der Waals surface area contributed by atoms with E-state index in [-0.39, 0.29) is 17.9 Å². The predicted octanol–water partition coefficient (Wildman–Crippen LogP) is 5.16. The molecule has 0 saturated carbocycles. The molecule has 150 valence electrons. The minimum absolute atomic E-state index is 0.0222. The average molecular weight is 419 g/mol. The molecule has 0 bridgehead atoms. The van der Waals surface area contributed by atoms with Crippen LogP contribution < -0.4 is 5.32 Å². The van der Waals surface area contributed by atoms with Gasteiger partial charge in [-0.2, -0.15) is 0 Å². The zero-order valence-corrected chi connectivity index (χ0v) is 17.9. The maximum absolute atomic E-state index is 12.7. The molecule has 1 aliphatic rings. The van der Waals surface area contributed by atoms with Gasteiger partial charge in [0.05, 0.1) is 16.6 Å². The number of thiophene rings is 1. The molecule has 0 spiro atoms. The number of halogens is 1.